The lowest BCUT2D eigenvalue weighted by Crippen LogP contribution is -2.44. The maximum absolute atomic E-state index is 12.6. The molecule has 1 unspecified atom stereocenters. The highest BCUT2D eigenvalue weighted by Gasteiger charge is 2.31. The number of benzene rings is 1. The van der Waals surface area contributed by atoms with E-state index in [4.69, 9.17) is 5.11 Å². The fourth-order valence-corrected chi connectivity index (χ4v) is 2.01. The molecule has 0 fully saturated rings. The van der Waals surface area contributed by atoms with E-state index in [0.29, 0.717) is 0 Å². The number of rotatable bonds is 5. The molecule has 1 aromatic rings. The van der Waals surface area contributed by atoms with Crippen LogP contribution in [0.25, 0.3) is 0 Å². The Morgan fingerprint density at radius 3 is 2.43 bits per heavy atom. The van der Waals surface area contributed by atoms with Crippen LogP contribution in [0.15, 0.2) is 22.7 Å². The highest BCUT2D eigenvalue weighted by Crippen LogP contribution is 2.33. The molecule has 1 amide bonds. The molecule has 5 nitrogen and oxygen atoms in total. The third-order valence-electron chi connectivity index (χ3n) is 2.41. The maximum Gasteiger partial charge on any atom is 0.416 e. The Hall–Kier alpha value is -1.77. The first-order valence-electron chi connectivity index (χ1n) is 5.71. The molecule has 116 valence electrons. The smallest absolute Gasteiger partial charge is 0.416 e. The van der Waals surface area contributed by atoms with Crippen LogP contribution in [-0.4, -0.2) is 29.6 Å². The number of aliphatic carboxylic acids is 1. The first kappa shape index (κ1) is 17.3. The molecular weight excluding hydrogens is 357 g/mol. The maximum atomic E-state index is 12.6. The predicted octanol–water partition coefficient (Wildman–Crippen LogP) is 2.47. The van der Waals surface area contributed by atoms with Crippen molar-refractivity contribution >= 4 is 33.5 Å². The number of alkyl halides is 3. The highest BCUT2D eigenvalue weighted by atomic mass is 79.9. The summed E-state index contributed by atoms with van der Waals surface area (Å²) in [6, 6.07) is 1.91. The average Bonchev–Trinajstić information content (AvgIpc) is 2.32. The summed E-state index contributed by atoms with van der Waals surface area (Å²) in [6.07, 6.45) is -4.51. The van der Waals surface area contributed by atoms with Crippen LogP contribution < -0.4 is 10.6 Å². The first-order valence-corrected chi connectivity index (χ1v) is 6.50. The van der Waals surface area contributed by atoms with Gasteiger partial charge in [0, 0.05) is 23.6 Å². The molecule has 0 heterocycles. The van der Waals surface area contributed by atoms with Crippen molar-refractivity contribution in [3.8, 4) is 0 Å². The van der Waals surface area contributed by atoms with Crippen molar-refractivity contribution < 1.29 is 27.9 Å². The number of carbonyl (C=O) groups is 2. The van der Waals surface area contributed by atoms with E-state index in [-0.39, 0.29) is 16.7 Å². The second-order valence-corrected chi connectivity index (χ2v) is 5.11. The summed E-state index contributed by atoms with van der Waals surface area (Å²) in [5.74, 6) is -1.84. The molecule has 1 aromatic carbocycles. The van der Waals surface area contributed by atoms with E-state index in [1.807, 2.05) is 0 Å². The molecule has 0 aromatic heterocycles. The van der Waals surface area contributed by atoms with Gasteiger partial charge in [-0.05, 0) is 18.2 Å². The number of carboxylic acids is 1. The van der Waals surface area contributed by atoms with Crippen molar-refractivity contribution in [2.24, 2.45) is 0 Å². The van der Waals surface area contributed by atoms with E-state index < -0.39 is 29.7 Å². The van der Waals surface area contributed by atoms with Gasteiger partial charge in [0.05, 0.1) is 5.56 Å². The molecule has 0 radical (unpaired) electrons. The minimum absolute atomic E-state index is 0.0910. The van der Waals surface area contributed by atoms with E-state index in [1.54, 1.807) is 0 Å². The topological polar surface area (TPSA) is 78.4 Å². The number of hydrogen-bond acceptors (Lipinski definition) is 3. The summed E-state index contributed by atoms with van der Waals surface area (Å²) >= 11 is 2.96. The molecule has 21 heavy (non-hydrogen) atoms. The van der Waals surface area contributed by atoms with Crippen LogP contribution in [0.2, 0.25) is 0 Å². The van der Waals surface area contributed by atoms with Gasteiger partial charge >= 0.3 is 12.1 Å². The highest BCUT2D eigenvalue weighted by molar-refractivity contribution is 9.10. The Bertz CT molecular complexity index is 549. The van der Waals surface area contributed by atoms with Crippen LogP contribution in [0, 0.1) is 0 Å². The van der Waals surface area contributed by atoms with Gasteiger partial charge in [0.2, 0.25) is 5.91 Å². The van der Waals surface area contributed by atoms with E-state index in [0.717, 1.165) is 19.1 Å². The predicted molar refractivity (Wildman–Crippen MR) is 72.9 cm³/mol. The van der Waals surface area contributed by atoms with Crippen molar-refractivity contribution in [1.29, 1.82) is 0 Å². The lowest BCUT2D eigenvalue weighted by Gasteiger charge is -2.16. The quantitative estimate of drug-likeness (QED) is 0.745. The average molecular weight is 369 g/mol. The molecule has 1 atom stereocenters. The second-order valence-electron chi connectivity index (χ2n) is 4.20. The SMILES string of the molecule is CC(=O)NC(CNc1cc(Br)cc(C(F)(F)F)c1)C(=O)O. The van der Waals surface area contributed by atoms with Crippen molar-refractivity contribution in [3.05, 3.63) is 28.2 Å². The van der Waals surface area contributed by atoms with Gasteiger partial charge in [-0.3, -0.25) is 4.79 Å². The molecule has 0 spiro atoms. The lowest BCUT2D eigenvalue weighted by atomic mass is 10.2. The minimum atomic E-state index is -4.51. The summed E-state index contributed by atoms with van der Waals surface area (Å²) in [5, 5.41) is 13.6. The number of nitrogens with one attached hydrogen (secondary N) is 2. The Labute approximate surface area is 126 Å². The van der Waals surface area contributed by atoms with Crippen molar-refractivity contribution in [2.45, 2.75) is 19.1 Å². The van der Waals surface area contributed by atoms with Gasteiger partial charge in [-0.1, -0.05) is 15.9 Å². The van der Waals surface area contributed by atoms with E-state index in [2.05, 4.69) is 26.6 Å². The van der Waals surface area contributed by atoms with Gasteiger partial charge in [-0.25, -0.2) is 4.79 Å². The van der Waals surface area contributed by atoms with Crippen molar-refractivity contribution in [2.75, 3.05) is 11.9 Å². The molecule has 3 N–H and O–H groups in total. The molecule has 0 saturated heterocycles. The second kappa shape index (κ2) is 6.79. The van der Waals surface area contributed by atoms with E-state index in [1.165, 1.54) is 6.07 Å². The Kier molecular flexibility index (Phi) is 5.59. The number of carboxylic acid groups (broad SMARTS) is 1. The summed E-state index contributed by atoms with van der Waals surface area (Å²) in [4.78, 5) is 21.8. The zero-order chi connectivity index (χ0) is 16.2. The van der Waals surface area contributed by atoms with Crippen LogP contribution in [0.5, 0.6) is 0 Å². The number of halogens is 4. The van der Waals surface area contributed by atoms with Crippen LogP contribution in [-0.2, 0) is 15.8 Å². The minimum Gasteiger partial charge on any atom is -0.480 e. The first-order chi connectivity index (χ1) is 9.59. The molecule has 9 heteroatoms. The van der Waals surface area contributed by atoms with Gasteiger partial charge in [0.25, 0.3) is 0 Å². The number of anilines is 1. The van der Waals surface area contributed by atoms with Gasteiger partial charge in [-0.15, -0.1) is 0 Å². The Morgan fingerprint density at radius 2 is 1.95 bits per heavy atom. The van der Waals surface area contributed by atoms with Crippen LogP contribution in [0.1, 0.15) is 12.5 Å². The van der Waals surface area contributed by atoms with Crippen LogP contribution in [0.4, 0.5) is 18.9 Å². The van der Waals surface area contributed by atoms with Crippen molar-refractivity contribution in [1.82, 2.24) is 5.32 Å². The fraction of sp³-hybridized carbons (Fsp3) is 0.333. The van der Waals surface area contributed by atoms with Gasteiger partial charge in [0.15, 0.2) is 0 Å². The van der Waals surface area contributed by atoms with Crippen LogP contribution in [0.3, 0.4) is 0 Å². The molecular formula is C12H12BrF3N2O3. The number of carbonyl (C=O) groups excluding carboxylic acids is 1. The summed E-state index contributed by atoms with van der Waals surface area (Å²) in [7, 11) is 0. The zero-order valence-electron chi connectivity index (χ0n) is 10.8. The summed E-state index contributed by atoms with van der Waals surface area (Å²) in [5.41, 5.74) is -0.779. The zero-order valence-corrected chi connectivity index (χ0v) is 12.4. The lowest BCUT2D eigenvalue weighted by molar-refractivity contribution is -0.141. The van der Waals surface area contributed by atoms with Crippen molar-refractivity contribution in [3.63, 3.8) is 0 Å². The molecule has 1 rings (SSSR count). The normalized spacial score (nSPS) is 12.6. The molecule has 0 aliphatic rings. The molecule has 0 saturated carbocycles. The van der Waals surface area contributed by atoms with Gasteiger partial charge < -0.3 is 15.7 Å². The van der Waals surface area contributed by atoms with E-state index >= 15 is 0 Å². The third kappa shape index (κ3) is 5.62. The Morgan fingerprint density at radius 1 is 1.33 bits per heavy atom. The fourth-order valence-electron chi connectivity index (χ4n) is 1.52. The van der Waals surface area contributed by atoms with Gasteiger partial charge in [-0.2, -0.15) is 13.2 Å². The summed E-state index contributed by atoms with van der Waals surface area (Å²) < 4.78 is 38.1. The standard InChI is InChI=1S/C12H12BrF3N2O3/c1-6(19)18-10(11(20)21)5-17-9-3-7(12(14,15)16)2-8(13)4-9/h2-4,10,17H,5H2,1H3,(H,18,19)(H,20,21). The largest absolute Gasteiger partial charge is 0.480 e. The molecule has 0 bridgehead atoms. The third-order valence-corrected chi connectivity index (χ3v) is 2.87. The molecule has 0 aliphatic heterocycles. The number of hydrogen-bond donors (Lipinski definition) is 3. The number of amides is 1. The molecule has 0 aliphatic carbocycles. The van der Waals surface area contributed by atoms with Gasteiger partial charge in [0.1, 0.15) is 6.04 Å². The Balaban J connectivity index is 2.85. The van der Waals surface area contributed by atoms with E-state index in [9.17, 15) is 22.8 Å². The van der Waals surface area contributed by atoms with Crippen LogP contribution >= 0.6 is 15.9 Å². The monoisotopic (exact) mass is 368 g/mol. The summed E-state index contributed by atoms with van der Waals surface area (Å²) in [6.45, 7) is 0.902.